The number of nitrogens with zero attached hydrogens (tertiary/aromatic N) is 1. The number of rotatable bonds is 6. The monoisotopic (exact) mass is 375 g/mol. The van der Waals surface area contributed by atoms with Crippen LogP contribution in [-0.4, -0.2) is 29.7 Å². The molecule has 0 bridgehead atoms. The molecule has 2 aromatic rings. The normalized spacial score (nSPS) is 16.9. The summed E-state index contributed by atoms with van der Waals surface area (Å²) in [6.07, 6.45) is 2.14. The third kappa shape index (κ3) is 4.50. The second-order valence-corrected chi connectivity index (χ2v) is 7.63. The largest absolute Gasteiger partial charge is 0.494 e. The van der Waals surface area contributed by atoms with E-state index in [0.717, 1.165) is 36.5 Å². The SMILES string of the molecule is CCCCOc1ccc(C(=O)N2CCS[C@H]2c2cccc(Cl)c2)cc1. The van der Waals surface area contributed by atoms with Crippen molar-refractivity contribution >= 4 is 29.3 Å². The molecule has 1 aliphatic heterocycles. The van der Waals surface area contributed by atoms with E-state index in [-0.39, 0.29) is 11.3 Å². The van der Waals surface area contributed by atoms with E-state index in [1.54, 1.807) is 11.8 Å². The summed E-state index contributed by atoms with van der Waals surface area (Å²) < 4.78 is 5.67. The number of amides is 1. The van der Waals surface area contributed by atoms with Gasteiger partial charge in [-0.25, -0.2) is 0 Å². The van der Waals surface area contributed by atoms with E-state index in [9.17, 15) is 4.79 Å². The molecule has 1 heterocycles. The highest BCUT2D eigenvalue weighted by Gasteiger charge is 2.31. The van der Waals surface area contributed by atoms with Crippen LogP contribution in [0.15, 0.2) is 48.5 Å². The Morgan fingerprint density at radius 1 is 1.28 bits per heavy atom. The van der Waals surface area contributed by atoms with Crippen molar-refractivity contribution in [2.45, 2.75) is 25.1 Å². The van der Waals surface area contributed by atoms with Gasteiger partial charge in [-0.2, -0.15) is 0 Å². The van der Waals surface area contributed by atoms with Crippen LogP contribution in [-0.2, 0) is 0 Å². The van der Waals surface area contributed by atoms with Crippen LogP contribution < -0.4 is 4.74 Å². The molecule has 25 heavy (non-hydrogen) atoms. The van der Waals surface area contributed by atoms with Crippen molar-refractivity contribution in [1.82, 2.24) is 4.90 Å². The van der Waals surface area contributed by atoms with Crippen molar-refractivity contribution in [3.63, 3.8) is 0 Å². The van der Waals surface area contributed by atoms with Crippen LogP contribution in [0.1, 0.15) is 41.1 Å². The first-order valence-corrected chi connectivity index (χ1v) is 10.0. The summed E-state index contributed by atoms with van der Waals surface area (Å²) in [6.45, 7) is 3.59. The fourth-order valence-electron chi connectivity index (χ4n) is 2.81. The predicted octanol–water partition coefficient (Wildman–Crippen LogP) is 5.41. The lowest BCUT2D eigenvalue weighted by Gasteiger charge is -2.24. The molecule has 0 aliphatic carbocycles. The number of halogens is 1. The van der Waals surface area contributed by atoms with Crippen molar-refractivity contribution in [3.8, 4) is 5.75 Å². The van der Waals surface area contributed by atoms with Gasteiger partial charge in [-0.05, 0) is 48.4 Å². The van der Waals surface area contributed by atoms with E-state index in [0.29, 0.717) is 17.2 Å². The fourth-order valence-corrected chi connectivity index (χ4v) is 4.25. The van der Waals surface area contributed by atoms with Gasteiger partial charge in [0.25, 0.3) is 5.91 Å². The van der Waals surface area contributed by atoms with Gasteiger partial charge in [0.15, 0.2) is 0 Å². The smallest absolute Gasteiger partial charge is 0.255 e. The van der Waals surface area contributed by atoms with Gasteiger partial charge < -0.3 is 9.64 Å². The number of unbranched alkanes of at least 4 members (excludes halogenated alkanes) is 1. The maximum absolute atomic E-state index is 12.9. The highest BCUT2D eigenvalue weighted by molar-refractivity contribution is 7.99. The molecule has 3 nitrogen and oxygen atoms in total. The number of thioether (sulfide) groups is 1. The zero-order valence-electron chi connectivity index (χ0n) is 14.3. The van der Waals surface area contributed by atoms with Crippen LogP contribution in [0.5, 0.6) is 5.75 Å². The van der Waals surface area contributed by atoms with Crippen molar-refractivity contribution in [1.29, 1.82) is 0 Å². The Kier molecular flexibility index (Phi) is 6.27. The Morgan fingerprint density at radius 3 is 2.80 bits per heavy atom. The molecule has 1 aliphatic rings. The highest BCUT2D eigenvalue weighted by Crippen LogP contribution is 2.39. The van der Waals surface area contributed by atoms with Crippen LogP contribution in [0.2, 0.25) is 5.02 Å². The molecule has 0 saturated carbocycles. The van der Waals surface area contributed by atoms with Crippen LogP contribution in [0.25, 0.3) is 0 Å². The van der Waals surface area contributed by atoms with Crippen molar-refractivity contribution < 1.29 is 9.53 Å². The third-order valence-electron chi connectivity index (χ3n) is 4.15. The highest BCUT2D eigenvalue weighted by atomic mass is 35.5. The number of hydrogen-bond donors (Lipinski definition) is 0. The number of carbonyl (C=O) groups is 1. The summed E-state index contributed by atoms with van der Waals surface area (Å²) in [4.78, 5) is 14.8. The lowest BCUT2D eigenvalue weighted by atomic mass is 10.1. The molecule has 132 valence electrons. The summed E-state index contributed by atoms with van der Waals surface area (Å²) in [5, 5.41) is 0.720. The van der Waals surface area contributed by atoms with Gasteiger partial charge in [0.05, 0.1) is 6.61 Å². The molecular formula is C20H22ClNO2S. The first-order valence-electron chi connectivity index (χ1n) is 8.60. The second kappa shape index (κ2) is 8.63. The van der Waals surface area contributed by atoms with E-state index < -0.39 is 0 Å². The molecule has 0 spiro atoms. The van der Waals surface area contributed by atoms with Gasteiger partial charge in [-0.3, -0.25) is 4.79 Å². The first kappa shape index (κ1) is 18.2. The number of hydrogen-bond acceptors (Lipinski definition) is 3. The predicted molar refractivity (Wildman–Crippen MR) is 105 cm³/mol. The van der Waals surface area contributed by atoms with E-state index >= 15 is 0 Å². The summed E-state index contributed by atoms with van der Waals surface area (Å²) in [6, 6.07) is 15.2. The molecule has 1 saturated heterocycles. The summed E-state index contributed by atoms with van der Waals surface area (Å²) in [7, 11) is 0. The van der Waals surface area contributed by atoms with Gasteiger partial charge in [0.2, 0.25) is 0 Å². The summed E-state index contributed by atoms with van der Waals surface area (Å²) in [5.41, 5.74) is 1.76. The maximum atomic E-state index is 12.9. The molecule has 0 radical (unpaired) electrons. The third-order valence-corrected chi connectivity index (χ3v) is 5.65. The average molecular weight is 376 g/mol. The lowest BCUT2D eigenvalue weighted by Crippen LogP contribution is -2.30. The topological polar surface area (TPSA) is 29.5 Å². The maximum Gasteiger partial charge on any atom is 0.255 e. The minimum absolute atomic E-state index is 0.0201. The second-order valence-electron chi connectivity index (χ2n) is 6.00. The molecule has 2 aromatic carbocycles. The first-order chi connectivity index (χ1) is 12.2. The van der Waals surface area contributed by atoms with E-state index in [2.05, 4.69) is 6.92 Å². The zero-order valence-corrected chi connectivity index (χ0v) is 15.9. The van der Waals surface area contributed by atoms with Gasteiger partial charge >= 0.3 is 0 Å². The Morgan fingerprint density at radius 2 is 2.08 bits per heavy atom. The van der Waals surface area contributed by atoms with E-state index in [1.807, 2.05) is 53.4 Å². The Balaban J connectivity index is 1.71. The summed E-state index contributed by atoms with van der Waals surface area (Å²) >= 11 is 7.88. The molecule has 0 N–H and O–H groups in total. The molecule has 1 atom stereocenters. The lowest BCUT2D eigenvalue weighted by molar-refractivity contribution is 0.0760. The fraction of sp³-hybridized carbons (Fsp3) is 0.350. The minimum atomic E-state index is 0.0201. The number of benzene rings is 2. The van der Waals surface area contributed by atoms with E-state index in [1.165, 1.54) is 0 Å². The number of carbonyl (C=O) groups excluding carboxylic acids is 1. The Bertz CT molecular complexity index is 720. The average Bonchev–Trinajstić information content (AvgIpc) is 3.12. The van der Waals surface area contributed by atoms with Crippen LogP contribution in [0.3, 0.4) is 0 Å². The summed E-state index contributed by atoms with van der Waals surface area (Å²) in [5.74, 6) is 1.79. The van der Waals surface area contributed by atoms with Gasteiger partial charge in [0.1, 0.15) is 11.1 Å². The Hall–Kier alpha value is -1.65. The van der Waals surface area contributed by atoms with Crippen LogP contribution in [0.4, 0.5) is 0 Å². The van der Waals surface area contributed by atoms with Crippen molar-refractivity contribution in [3.05, 3.63) is 64.7 Å². The van der Waals surface area contributed by atoms with Gasteiger partial charge in [-0.1, -0.05) is 37.1 Å². The molecule has 0 unspecified atom stereocenters. The van der Waals surface area contributed by atoms with Crippen LogP contribution >= 0.6 is 23.4 Å². The standard InChI is InChI=1S/C20H22ClNO2S/c1-2-3-12-24-18-9-7-15(8-10-18)19(23)22-11-13-25-20(22)16-5-4-6-17(21)14-16/h4-10,14,20H,2-3,11-13H2,1H3/t20-/m0/s1. The van der Waals surface area contributed by atoms with E-state index in [4.69, 9.17) is 16.3 Å². The van der Waals surface area contributed by atoms with Gasteiger partial charge in [-0.15, -0.1) is 11.8 Å². The minimum Gasteiger partial charge on any atom is -0.494 e. The van der Waals surface area contributed by atoms with Crippen molar-refractivity contribution in [2.24, 2.45) is 0 Å². The molecule has 5 heteroatoms. The van der Waals surface area contributed by atoms with Gasteiger partial charge in [0, 0.05) is 22.9 Å². The molecular weight excluding hydrogens is 354 g/mol. The molecule has 1 amide bonds. The van der Waals surface area contributed by atoms with Crippen LogP contribution in [0, 0.1) is 0 Å². The number of ether oxygens (including phenoxy) is 1. The van der Waals surface area contributed by atoms with Crippen molar-refractivity contribution in [2.75, 3.05) is 18.9 Å². The Labute approximate surface area is 158 Å². The quantitative estimate of drug-likeness (QED) is 0.632. The zero-order chi connectivity index (χ0) is 17.6. The molecule has 3 rings (SSSR count). The molecule has 0 aromatic heterocycles. The molecule has 1 fully saturated rings.